The molecule has 3 aliphatic carbocycles. The zero-order valence-electron chi connectivity index (χ0n) is 22.0. The Morgan fingerprint density at radius 1 is 0.881 bits per heavy atom. The Hall–Kier alpha value is -4.95. The zero-order valence-corrected chi connectivity index (χ0v) is 22.7. The second kappa shape index (κ2) is 9.03. The van der Waals surface area contributed by atoms with Crippen LogP contribution in [0.2, 0.25) is 5.02 Å². The van der Waals surface area contributed by atoms with E-state index in [1.165, 1.54) is 4.90 Å². The summed E-state index contributed by atoms with van der Waals surface area (Å²) in [6.07, 6.45) is 1.63. The average Bonchev–Trinajstić information content (AvgIpc) is 3.60. The van der Waals surface area contributed by atoms with Gasteiger partial charge in [0.05, 0.1) is 28.0 Å². The Morgan fingerprint density at radius 3 is 2.29 bits per heavy atom. The highest BCUT2D eigenvalue weighted by molar-refractivity contribution is 6.36. The number of imide groups is 1. The molecule has 2 heterocycles. The first kappa shape index (κ1) is 24.8. The summed E-state index contributed by atoms with van der Waals surface area (Å²) in [6, 6.07) is 27.5. The van der Waals surface area contributed by atoms with Crippen molar-refractivity contribution in [1.29, 1.82) is 0 Å². The van der Waals surface area contributed by atoms with Crippen molar-refractivity contribution in [3.63, 3.8) is 0 Å². The van der Waals surface area contributed by atoms with Gasteiger partial charge in [0.1, 0.15) is 0 Å². The van der Waals surface area contributed by atoms with Gasteiger partial charge >= 0.3 is 0 Å². The van der Waals surface area contributed by atoms with Crippen LogP contribution in [-0.2, 0) is 15.0 Å². The number of carbonyl (C=O) groups is 3. The van der Waals surface area contributed by atoms with E-state index in [-0.39, 0.29) is 24.5 Å². The Labute approximate surface area is 245 Å². The van der Waals surface area contributed by atoms with Crippen molar-refractivity contribution in [3.8, 4) is 11.5 Å². The normalized spacial score (nSPS) is 24.5. The number of benzene rings is 4. The molecule has 2 aliphatic heterocycles. The molecular formula is C33H22ClN3O5. The number of nitrogens with one attached hydrogen (secondary N) is 1. The second-order valence-electron chi connectivity index (χ2n) is 10.8. The van der Waals surface area contributed by atoms with Crippen LogP contribution >= 0.6 is 11.6 Å². The van der Waals surface area contributed by atoms with Gasteiger partial charge in [0, 0.05) is 17.7 Å². The highest BCUT2D eigenvalue weighted by Gasteiger charge is 2.68. The van der Waals surface area contributed by atoms with Gasteiger partial charge in [0.2, 0.25) is 18.6 Å². The van der Waals surface area contributed by atoms with Gasteiger partial charge in [-0.15, -0.1) is 0 Å². The summed E-state index contributed by atoms with van der Waals surface area (Å²) in [5, 5.41) is 4.78. The lowest BCUT2D eigenvalue weighted by Gasteiger charge is -2.52. The maximum atomic E-state index is 14.4. The third kappa shape index (κ3) is 3.24. The molecule has 5 aliphatic rings. The van der Waals surface area contributed by atoms with Crippen LogP contribution < -0.4 is 19.8 Å². The van der Waals surface area contributed by atoms with Gasteiger partial charge in [-0.3, -0.25) is 14.4 Å². The molecule has 3 amide bonds. The molecule has 0 unspecified atom stereocenters. The van der Waals surface area contributed by atoms with E-state index in [9.17, 15) is 14.4 Å². The van der Waals surface area contributed by atoms with Crippen molar-refractivity contribution in [2.45, 2.75) is 11.3 Å². The van der Waals surface area contributed by atoms with Gasteiger partial charge in [-0.05, 0) is 52.6 Å². The van der Waals surface area contributed by atoms with Gasteiger partial charge in [-0.2, -0.15) is 5.10 Å². The van der Waals surface area contributed by atoms with E-state index in [0.717, 1.165) is 22.3 Å². The molecule has 8 nitrogen and oxygen atoms in total. The predicted octanol–water partition coefficient (Wildman–Crippen LogP) is 5.04. The Morgan fingerprint density at radius 2 is 1.55 bits per heavy atom. The van der Waals surface area contributed by atoms with E-state index in [0.29, 0.717) is 27.8 Å². The zero-order chi connectivity index (χ0) is 28.6. The molecule has 1 saturated heterocycles. The molecule has 1 fully saturated rings. The molecule has 1 N–H and O–H groups in total. The van der Waals surface area contributed by atoms with Gasteiger partial charge in [-0.25, -0.2) is 10.3 Å². The third-order valence-corrected chi connectivity index (χ3v) is 9.17. The summed E-state index contributed by atoms with van der Waals surface area (Å²) < 4.78 is 10.7. The van der Waals surface area contributed by atoms with Gasteiger partial charge in [0.15, 0.2) is 11.5 Å². The third-order valence-electron chi connectivity index (χ3n) is 8.85. The standard InChI is InChI=1S/C33H22ClN3O5/c34-23-11-5-6-12-24(23)37-31(39)28-27-19-7-1-3-9-21(19)33(29(28)32(37)40,22-10-4-2-8-20(22)27)16-35-36-30(38)18-13-14-25-26(15-18)42-17-41-25/h1-16,27-29H,17H2,(H,36,38)/b35-16+/t27?,28-,29+,33?/m0/s1. The van der Waals surface area contributed by atoms with Crippen LogP contribution in [0.4, 0.5) is 5.69 Å². The van der Waals surface area contributed by atoms with E-state index in [2.05, 4.69) is 10.5 Å². The quantitative estimate of drug-likeness (QED) is 0.209. The minimum atomic E-state index is -1.11. The molecule has 0 radical (unpaired) electrons. The largest absolute Gasteiger partial charge is 0.454 e. The fourth-order valence-electron chi connectivity index (χ4n) is 7.22. The highest BCUT2D eigenvalue weighted by Crippen LogP contribution is 2.63. The van der Waals surface area contributed by atoms with Crippen LogP contribution in [0.15, 0.2) is 96.1 Å². The number of rotatable bonds is 4. The Bertz CT molecular complexity index is 1820. The van der Waals surface area contributed by atoms with E-state index in [1.54, 1.807) is 48.7 Å². The predicted molar refractivity (Wildman–Crippen MR) is 155 cm³/mol. The molecule has 4 aromatic carbocycles. The minimum Gasteiger partial charge on any atom is -0.454 e. The molecule has 0 saturated carbocycles. The number of anilines is 1. The molecule has 42 heavy (non-hydrogen) atoms. The molecule has 2 bridgehead atoms. The fourth-order valence-corrected chi connectivity index (χ4v) is 7.44. The van der Waals surface area contributed by atoms with Crippen LogP contribution in [0.5, 0.6) is 11.5 Å². The van der Waals surface area contributed by atoms with Crippen molar-refractivity contribution in [2.75, 3.05) is 11.7 Å². The van der Waals surface area contributed by atoms with Crippen LogP contribution in [0.1, 0.15) is 38.5 Å². The van der Waals surface area contributed by atoms with Crippen LogP contribution in [0.3, 0.4) is 0 Å². The number of ether oxygens (including phenoxy) is 2. The van der Waals surface area contributed by atoms with Crippen LogP contribution in [0.25, 0.3) is 0 Å². The summed E-state index contributed by atoms with van der Waals surface area (Å²) in [6.45, 7) is 0.0986. The summed E-state index contributed by atoms with van der Waals surface area (Å²) in [5.41, 5.74) is 5.93. The van der Waals surface area contributed by atoms with Crippen LogP contribution in [0, 0.1) is 11.8 Å². The second-order valence-corrected chi connectivity index (χ2v) is 11.2. The summed E-state index contributed by atoms with van der Waals surface area (Å²) in [4.78, 5) is 43.0. The maximum absolute atomic E-state index is 14.4. The number of amides is 3. The van der Waals surface area contributed by atoms with Crippen LogP contribution in [-0.4, -0.2) is 30.7 Å². The number of carbonyl (C=O) groups excluding carboxylic acids is 3. The Kier molecular flexibility index (Phi) is 5.33. The number of hydrogen-bond acceptors (Lipinski definition) is 6. The van der Waals surface area contributed by atoms with E-state index >= 15 is 0 Å². The molecule has 0 aromatic heterocycles. The number of nitrogens with zero attached hydrogens (tertiary/aromatic N) is 2. The van der Waals surface area contributed by atoms with Crippen molar-refractivity contribution in [2.24, 2.45) is 16.9 Å². The van der Waals surface area contributed by atoms with E-state index < -0.39 is 23.2 Å². The number of fused-ring (bicyclic) bond motifs is 1. The van der Waals surface area contributed by atoms with Crippen molar-refractivity contribution in [1.82, 2.24) is 5.43 Å². The van der Waals surface area contributed by atoms with E-state index in [4.69, 9.17) is 21.1 Å². The monoisotopic (exact) mass is 575 g/mol. The molecule has 206 valence electrons. The lowest BCUT2D eigenvalue weighted by atomic mass is 9.47. The summed E-state index contributed by atoms with van der Waals surface area (Å²) in [5.74, 6) is -1.82. The number of para-hydroxylation sites is 1. The van der Waals surface area contributed by atoms with Gasteiger partial charge in [-0.1, -0.05) is 72.3 Å². The maximum Gasteiger partial charge on any atom is 0.271 e. The highest BCUT2D eigenvalue weighted by atomic mass is 35.5. The van der Waals surface area contributed by atoms with Crippen molar-refractivity contribution in [3.05, 3.63) is 124 Å². The molecule has 2 atom stereocenters. The average molecular weight is 576 g/mol. The van der Waals surface area contributed by atoms with Crippen molar-refractivity contribution < 1.29 is 23.9 Å². The smallest absolute Gasteiger partial charge is 0.271 e. The molecular weight excluding hydrogens is 554 g/mol. The van der Waals surface area contributed by atoms with Crippen molar-refractivity contribution >= 4 is 41.2 Å². The molecule has 9 heteroatoms. The minimum absolute atomic E-state index is 0.0986. The number of halogens is 1. The summed E-state index contributed by atoms with van der Waals surface area (Å²) >= 11 is 6.51. The lowest BCUT2D eigenvalue weighted by Crippen LogP contribution is -2.54. The molecule has 9 rings (SSSR count). The molecule has 4 aromatic rings. The SMILES string of the molecule is O=C(N/N=C/C12c3ccccc3C(c3ccccc31)[C@@H]1C(=O)N(c3ccccc3Cl)C(=O)[C@@H]12)c1ccc2c(c1)OCO2. The van der Waals surface area contributed by atoms with Gasteiger partial charge in [0.25, 0.3) is 5.91 Å². The Balaban J connectivity index is 1.27. The van der Waals surface area contributed by atoms with E-state index in [1.807, 2.05) is 48.5 Å². The first-order chi connectivity index (χ1) is 20.5. The van der Waals surface area contributed by atoms with Gasteiger partial charge < -0.3 is 9.47 Å². The number of hydrogen-bond donors (Lipinski definition) is 1. The first-order valence-electron chi connectivity index (χ1n) is 13.6. The topological polar surface area (TPSA) is 97.3 Å². The first-order valence-corrected chi connectivity index (χ1v) is 13.9. The number of hydrazone groups is 1. The summed E-state index contributed by atoms with van der Waals surface area (Å²) in [7, 11) is 0. The lowest BCUT2D eigenvalue weighted by molar-refractivity contribution is -0.122. The molecule has 0 spiro atoms. The fraction of sp³-hybridized carbons (Fsp3) is 0.152.